The van der Waals surface area contributed by atoms with Crippen molar-refractivity contribution in [3.05, 3.63) is 54.1 Å². The molecule has 2 aromatic rings. The van der Waals surface area contributed by atoms with Gasteiger partial charge in [0.25, 0.3) is 0 Å². The van der Waals surface area contributed by atoms with Gasteiger partial charge in [0.15, 0.2) is 11.9 Å². The highest BCUT2D eigenvalue weighted by molar-refractivity contribution is 7.99. The SMILES string of the molecule is COc1ccc(Sc2cccc(C(=O)O[C@@H]3O[C@@H]4O[C@@]5(C)CC[C@H]6[C@H](C)[C@H](O)C[C@@H]([C@H]3C)[C@@]46OO5)c2)cc1. The predicted octanol–water partition coefficient (Wildman–Crippen LogP) is 5.18. The van der Waals surface area contributed by atoms with Crippen molar-refractivity contribution in [3.63, 3.8) is 0 Å². The van der Waals surface area contributed by atoms with Crippen LogP contribution < -0.4 is 4.74 Å². The van der Waals surface area contributed by atoms with E-state index in [0.717, 1.165) is 22.0 Å². The molecule has 2 bridgehead atoms. The Morgan fingerprint density at radius 3 is 2.61 bits per heavy atom. The lowest BCUT2D eigenvalue weighted by Gasteiger charge is -2.60. The summed E-state index contributed by atoms with van der Waals surface area (Å²) < 4.78 is 23.9. The first-order valence-electron chi connectivity index (χ1n) is 13.2. The van der Waals surface area contributed by atoms with Crippen molar-refractivity contribution >= 4 is 17.7 Å². The summed E-state index contributed by atoms with van der Waals surface area (Å²) in [6.07, 6.45) is -0.201. The Kier molecular flexibility index (Phi) is 6.73. The van der Waals surface area contributed by atoms with E-state index in [4.69, 9.17) is 28.7 Å². The van der Waals surface area contributed by atoms with Gasteiger partial charge in [-0.2, -0.15) is 0 Å². The Bertz CT molecular complexity index is 1190. The molecule has 0 radical (unpaired) electrons. The summed E-state index contributed by atoms with van der Waals surface area (Å²) in [5, 5.41) is 11.0. The van der Waals surface area contributed by atoms with E-state index in [1.165, 1.54) is 0 Å². The van der Waals surface area contributed by atoms with Crippen LogP contribution in [0.2, 0.25) is 0 Å². The third kappa shape index (κ3) is 4.33. The molecule has 204 valence electrons. The first kappa shape index (κ1) is 26.1. The number of hydrogen-bond donors (Lipinski definition) is 1. The Morgan fingerprint density at radius 1 is 1.05 bits per heavy atom. The van der Waals surface area contributed by atoms with Crippen LogP contribution in [0.4, 0.5) is 0 Å². The molecule has 0 amide bonds. The van der Waals surface area contributed by atoms with Gasteiger partial charge in [-0.1, -0.05) is 31.7 Å². The van der Waals surface area contributed by atoms with Crippen molar-refractivity contribution in [1.82, 2.24) is 0 Å². The number of aliphatic hydroxyl groups is 1. The lowest BCUT2D eigenvalue weighted by Crippen LogP contribution is -2.72. The van der Waals surface area contributed by atoms with Crippen LogP contribution in [-0.2, 0) is 24.0 Å². The Balaban J connectivity index is 1.22. The molecule has 1 saturated carbocycles. The first-order chi connectivity index (χ1) is 18.2. The second-order valence-electron chi connectivity index (χ2n) is 11.1. The van der Waals surface area contributed by atoms with Crippen LogP contribution in [0.1, 0.15) is 50.4 Å². The number of methoxy groups -OCH3 is 1. The van der Waals surface area contributed by atoms with E-state index in [0.29, 0.717) is 18.4 Å². The topological polar surface area (TPSA) is 92.7 Å². The lowest BCUT2D eigenvalue weighted by molar-refractivity contribution is -0.577. The number of carbonyl (C=O) groups excluding carboxylic acids is 1. The molecule has 8 nitrogen and oxygen atoms in total. The number of carbonyl (C=O) groups is 1. The smallest absolute Gasteiger partial charge is 0.340 e. The van der Waals surface area contributed by atoms with Gasteiger partial charge in [0, 0.05) is 34.0 Å². The molecule has 9 heteroatoms. The molecule has 1 N–H and O–H groups in total. The van der Waals surface area contributed by atoms with Gasteiger partial charge in [-0.25, -0.2) is 14.6 Å². The van der Waals surface area contributed by atoms with E-state index in [1.54, 1.807) is 24.9 Å². The van der Waals surface area contributed by atoms with Crippen molar-refractivity contribution in [1.29, 1.82) is 0 Å². The minimum absolute atomic E-state index is 0.00208. The van der Waals surface area contributed by atoms with Gasteiger partial charge in [0.2, 0.25) is 12.1 Å². The minimum Gasteiger partial charge on any atom is -0.497 e. The molecule has 4 aliphatic heterocycles. The Hall–Kier alpha value is -2.14. The zero-order valence-corrected chi connectivity index (χ0v) is 22.8. The fourth-order valence-electron chi connectivity index (χ4n) is 6.60. The van der Waals surface area contributed by atoms with Crippen molar-refractivity contribution in [2.24, 2.45) is 23.7 Å². The highest BCUT2D eigenvalue weighted by atomic mass is 32.2. The second-order valence-corrected chi connectivity index (χ2v) is 12.2. The summed E-state index contributed by atoms with van der Waals surface area (Å²) in [5.74, 6) is -1.05. The van der Waals surface area contributed by atoms with Gasteiger partial charge in [-0.05, 0) is 68.1 Å². The van der Waals surface area contributed by atoms with Gasteiger partial charge in [0.05, 0.1) is 18.8 Å². The molecule has 0 aromatic heterocycles. The number of benzene rings is 2. The molecular formula is C29H34O8S. The molecule has 0 unspecified atom stereocenters. The molecule has 5 fully saturated rings. The van der Waals surface area contributed by atoms with Gasteiger partial charge >= 0.3 is 5.97 Å². The van der Waals surface area contributed by atoms with E-state index < -0.39 is 36.0 Å². The van der Waals surface area contributed by atoms with Gasteiger partial charge in [-0.15, -0.1) is 0 Å². The average molecular weight is 543 g/mol. The minimum atomic E-state index is -0.954. The number of rotatable bonds is 5. The standard InChI is InChI=1S/C29H34O8S/c1-16-22-12-13-28(3)35-27-29(22,37-36-28)23(15-24(16)30)17(2)26(34-27)33-25(31)18-6-5-7-21(14-18)38-20-10-8-19(32-4)9-11-20/h5-11,14,16-17,22-24,26-27,30H,12-13,15H2,1-4H3/t16-,17+,22-,23-,24+,26+,27+,28+,29+/m0/s1. The Labute approximate surface area is 226 Å². The maximum absolute atomic E-state index is 13.3. The van der Waals surface area contributed by atoms with E-state index in [9.17, 15) is 9.90 Å². The first-order valence-corrected chi connectivity index (χ1v) is 14.1. The van der Waals surface area contributed by atoms with E-state index in [-0.39, 0.29) is 23.7 Å². The fraction of sp³-hybridized carbons (Fsp3) is 0.552. The third-order valence-corrected chi connectivity index (χ3v) is 9.80. The predicted molar refractivity (Wildman–Crippen MR) is 137 cm³/mol. The maximum Gasteiger partial charge on any atom is 0.340 e. The van der Waals surface area contributed by atoms with Crippen LogP contribution in [0.25, 0.3) is 0 Å². The maximum atomic E-state index is 13.3. The van der Waals surface area contributed by atoms with Crippen LogP contribution >= 0.6 is 11.8 Å². The number of esters is 1. The molecule has 5 aliphatic rings. The van der Waals surface area contributed by atoms with Crippen LogP contribution in [-0.4, -0.2) is 48.3 Å². The zero-order valence-electron chi connectivity index (χ0n) is 22.0. The summed E-state index contributed by atoms with van der Waals surface area (Å²) >= 11 is 1.55. The van der Waals surface area contributed by atoms with Crippen molar-refractivity contribution in [3.8, 4) is 5.75 Å². The second kappa shape index (κ2) is 9.80. The molecule has 38 heavy (non-hydrogen) atoms. The van der Waals surface area contributed by atoms with Crippen molar-refractivity contribution in [2.75, 3.05) is 7.11 Å². The van der Waals surface area contributed by atoms with E-state index in [1.807, 2.05) is 56.3 Å². The van der Waals surface area contributed by atoms with E-state index >= 15 is 0 Å². The van der Waals surface area contributed by atoms with E-state index in [2.05, 4.69) is 6.92 Å². The molecule has 4 saturated heterocycles. The molecule has 9 atom stereocenters. The van der Waals surface area contributed by atoms with Gasteiger partial charge in [0.1, 0.15) is 5.75 Å². The van der Waals surface area contributed by atoms with Crippen LogP contribution in [0, 0.1) is 23.7 Å². The number of ether oxygens (including phenoxy) is 4. The molecule has 1 spiro atoms. The van der Waals surface area contributed by atoms with Gasteiger partial charge in [-0.3, -0.25) is 0 Å². The Morgan fingerprint density at radius 2 is 1.84 bits per heavy atom. The molecule has 4 heterocycles. The van der Waals surface area contributed by atoms with Crippen molar-refractivity contribution in [2.45, 2.75) is 79.9 Å². The number of fused-ring (bicyclic) bond motifs is 2. The molecular weight excluding hydrogens is 508 g/mol. The summed E-state index contributed by atoms with van der Waals surface area (Å²) in [5.41, 5.74) is -0.420. The van der Waals surface area contributed by atoms with Crippen molar-refractivity contribution < 1.29 is 38.6 Å². The monoisotopic (exact) mass is 542 g/mol. The summed E-state index contributed by atoms with van der Waals surface area (Å²) in [6, 6.07) is 15.1. The highest BCUT2D eigenvalue weighted by Gasteiger charge is 2.71. The zero-order chi connectivity index (χ0) is 26.7. The van der Waals surface area contributed by atoms with Crippen LogP contribution in [0.3, 0.4) is 0 Å². The average Bonchev–Trinajstić information content (AvgIpc) is 3.14. The highest BCUT2D eigenvalue weighted by Crippen LogP contribution is 2.60. The van der Waals surface area contributed by atoms with Gasteiger partial charge < -0.3 is 24.1 Å². The summed E-state index contributed by atoms with van der Waals surface area (Å²) in [7, 11) is 1.64. The lowest BCUT2D eigenvalue weighted by atomic mass is 9.57. The molecule has 2 aromatic carbocycles. The summed E-state index contributed by atoms with van der Waals surface area (Å²) in [4.78, 5) is 27.2. The normalized spacial score (nSPS) is 39.7. The number of aliphatic hydroxyl groups excluding tert-OH is 1. The molecule has 1 aliphatic carbocycles. The quantitative estimate of drug-likeness (QED) is 0.405. The number of hydrogen-bond acceptors (Lipinski definition) is 9. The molecule has 7 rings (SSSR count). The summed E-state index contributed by atoms with van der Waals surface area (Å²) in [6.45, 7) is 5.86. The third-order valence-electron chi connectivity index (χ3n) is 8.80. The van der Waals surface area contributed by atoms with Crippen LogP contribution in [0.15, 0.2) is 58.3 Å². The fourth-order valence-corrected chi connectivity index (χ4v) is 7.48. The largest absolute Gasteiger partial charge is 0.497 e. The van der Waals surface area contributed by atoms with Crippen LogP contribution in [0.5, 0.6) is 5.75 Å².